The lowest BCUT2D eigenvalue weighted by Crippen LogP contribution is -1.99. The second-order valence-electron chi connectivity index (χ2n) is 1.20. The summed E-state index contributed by atoms with van der Waals surface area (Å²) in [6.45, 7) is 0. The summed E-state index contributed by atoms with van der Waals surface area (Å²) in [5.74, 6) is -1.12. The van der Waals surface area contributed by atoms with E-state index in [0.717, 1.165) is 12.3 Å². The molecule has 0 radical (unpaired) electrons. The Morgan fingerprint density at radius 2 is 2.38 bits per heavy atom. The minimum absolute atomic E-state index is 0.411. The van der Waals surface area contributed by atoms with Crippen LogP contribution in [0.3, 0.4) is 0 Å². The van der Waals surface area contributed by atoms with Crippen molar-refractivity contribution in [1.29, 1.82) is 0 Å². The van der Waals surface area contributed by atoms with Gasteiger partial charge in [-0.3, -0.25) is 0 Å². The Labute approximate surface area is 46.6 Å². The van der Waals surface area contributed by atoms with E-state index in [-0.39, 0.29) is 0 Å². The van der Waals surface area contributed by atoms with Gasteiger partial charge in [-0.05, 0) is 13.2 Å². The zero-order chi connectivity index (χ0) is 6.57. The Balaban J connectivity index is 3.50. The Morgan fingerprint density at radius 3 is 2.50 bits per heavy atom. The van der Waals surface area contributed by atoms with Crippen LogP contribution in [-0.4, -0.2) is 23.2 Å². The Bertz CT molecular complexity index is 108. The van der Waals surface area contributed by atoms with Gasteiger partial charge in [0.25, 0.3) is 0 Å². The van der Waals surface area contributed by atoms with E-state index in [9.17, 15) is 10.0 Å². The van der Waals surface area contributed by atoms with Gasteiger partial charge in [0.15, 0.2) is 0 Å². The SMILES string of the molecule is CN([O-])/C=C\C(=O)O. The molecule has 0 aliphatic heterocycles. The molecule has 0 aliphatic rings. The van der Waals surface area contributed by atoms with Crippen LogP contribution in [0.5, 0.6) is 0 Å². The van der Waals surface area contributed by atoms with Crippen molar-refractivity contribution in [1.82, 2.24) is 5.06 Å². The van der Waals surface area contributed by atoms with Gasteiger partial charge >= 0.3 is 5.97 Å². The van der Waals surface area contributed by atoms with Gasteiger partial charge in [-0.25, -0.2) is 4.79 Å². The van der Waals surface area contributed by atoms with Gasteiger partial charge < -0.3 is 15.4 Å². The van der Waals surface area contributed by atoms with E-state index in [1.807, 2.05) is 0 Å². The van der Waals surface area contributed by atoms with Crippen molar-refractivity contribution in [3.8, 4) is 0 Å². The van der Waals surface area contributed by atoms with E-state index < -0.39 is 5.97 Å². The van der Waals surface area contributed by atoms with Gasteiger partial charge in [-0.1, -0.05) is 0 Å². The van der Waals surface area contributed by atoms with E-state index in [0.29, 0.717) is 5.06 Å². The molecule has 0 fully saturated rings. The topological polar surface area (TPSA) is 63.6 Å². The summed E-state index contributed by atoms with van der Waals surface area (Å²) in [7, 11) is 1.21. The third-order valence-corrected chi connectivity index (χ3v) is 0.427. The number of hydrogen-bond donors (Lipinski definition) is 1. The lowest BCUT2D eigenvalue weighted by molar-refractivity contribution is -0.131. The third kappa shape index (κ3) is 4.97. The minimum atomic E-state index is -1.12. The van der Waals surface area contributed by atoms with E-state index >= 15 is 0 Å². The van der Waals surface area contributed by atoms with Crippen LogP contribution in [0, 0.1) is 5.21 Å². The molecule has 0 rings (SSSR count). The van der Waals surface area contributed by atoms with Crippen molar-refractivity contribution in [3.63, 3.8) is 0 Å². The summed E-state index contributed by atoms with van der Waals surface area (Å²) in [5.41, 5.74) is 0. The average molecular weight is 116 g/mol. The van der Waals surface area contributed by atoms with Crippen molar-refractivity contribution in [2.75, 3.05) is 7.05 Å². The summed E-state index contributed by atoms with van der Waals surface area (Å²) < 4.78 is 0. The highest BCUT2D eigenvalue weighted by molar-refractivity contribution is 5.79. The zero-order valence-corrected chi connectivity index (χ0v) is 4.37. The maximum Gasteiger partial charge on any atom is 0.329 e. The molecule has 0 amide bonds. The second kappa shape index (κ2) is 3.04. The highest BCUT2D eigenvalue weighted by Crippen LogP contribution is 1.77. The predicted octanol–water partition coefficient (Wildman–Crippen LogP) is 0.0143. The molecule has 4 nitrogen and oxygen atoms in total. The maximum atomic E-state index is 9.91. The number of aliphatic carboxylic acids is 1. The molecule has 0 saturated heterocycles. The van der Waals surface area contributed by atoms with Gasteiger partial charge in [-0.15, -0.1) is 0 Å². The molecule has 0 saturated carbocycles. The molecule has 0 unspecified atom stereocenters. The van der Waals surface area contributed by atoms with Gasteiger partial charge in [0.2, 0.25) is 0 Å². The largest absolute Gasteiger partial charge is 0.759 e. The van der Waals surface area contributed by atoms with Crippen LogP contribution in [0.25, 0.3) is 0 Å². The van der Waals surface area contributed by atoms with Crippen LogP contribution in [0.2, 0.25) is 0 Å². The number of carbonyl (C=O) groups is 1. The highest BCUT2D eigenvalue weighted by Gasteiger charge is 1.80. The number of carboxylic acid groups (broad SMARTS) is 1. The molecule has 0 spiro atoms. The van der Waals surface area contributed by atoms with E-state index in [1.165, 1.54) is 7.05 Å². The number of hydroxylamine groups is 2. The molecule has 8 heavy (non-hydrogen) atoms. The molecule has 0 aliphatic carbocycles. The lowest BCUT2D eigenvalue weighted by Gasteiger charge is -2.17. The number of nitrogens with zero attached hydrogens (tertiary/aromatic N) is 1. The van der Waals surface area contributed by atoms with Crippen molar-refractivity contribution >= 4 is 5.97 Å². The standard InChI is InChI=1S/C4H6NO3/c1-5(8)3-2-4(6)7/h2-3H,1H3,(H,6,7)/q-1/b3-2-. The summed E-state index contributed by atoms with van der Waals surface area (Å²) in [6, 6.07) is 0. The van der Waals surface area contributed by atoms with Crippen LogP contribution in [0.4, 0.5) is 0 Å². The first-order valence-electron chi connectivity index (χ1n) is 1.94. The fraction of sp³-hybridized carbons (Fsp3) is 0.250. The van der Waals surface area contributed by atoms with Gasteiger partial charge in [0.05, 0.1) is 0 Å². The normalized spacial score (nSPS) is 9.75. The van der Waals surface area contributed by atoms with E-state index in [2.05, 4.69) is 0 Å². The summed E-state index contributed by atoms with van der Waals surface area (Å²) in [6.07, 6.45) is 1.69. The van der Waals surface area contributed by atoms with Crippen molar-refractivity contribution < 1.29 is 9.90 Å². The van der Waals surface area contributed by atoms with Crippen LogP contribution in [0.15, 0.2) is 12.3 Å². The summed E-state index contributed by atoms with van der Waals surface area (Å²) in [4.78, 5) is 9.65. The Morgan fingerprint density at radius 1 is 1.88 bits per heavy atom. The molecule has 0 bridgehead atoms. The van der Waals surface area contributed by atoms with Crippen LogP contribution < -0.4 is 0 Å². The third-order valence-electron chi connectivity index (χ3n) is 0.427. The minimum Gasteiger partial charge on any atom is -0.759 e. The maximum absolute atomic E-state index is 9.91. The van der Waals surface area contributed by atoms with Crippen LogP contribution in [-0.2, 0) is 4.79 Å². The first-order chi connectivity index (χ1) is 3.63. The fourth-order valence-corrected chi connectivity index (χ4v) is 0.169. The molecule has 46 valence electrons. The van der Waals surface area contributed by atoms with Crippen molar-refractivity contribution in [2.45, 2.75) is 0 Å². The van der Waals surface area contributed by atoms with E-state index in [1.54, 1.807) is 0 Å². The molecule has 0 heterocycles. The monoisotopic (exact) mass is 116 g/mol. The molecule has 0 aromatic heterocycles. The van der Waals surface area contributed by atoms with Crippen molar-refractivity contribution in [3.05, 3.63) is 17.5 Å². The summed E-state index contributed by atoms with van der Waals surface area (Å²) in [5, 5.41) is 18.2. The van der Waals surface area contributed by atoms with Gasteiger partial charge in [0.1, 0.15) is 0 Å². The lowest BCUT2D eigenvalue weighted by atomic mass is 10.6. The molecule has 1 N–H and O–H groups in total. The van der Waals surface area contributed by atoms with Gasteiger partial charge in [0, 0.05) is 6.08 Å². The second-order valence-corrected chi connectivity index (χ2v) is 1.20. The molecule has 0 aromatic rings. The zero-order valence-electron chi connectivity index (χ0n) is 4.37. The first kappa shape index (κ1) is 6.97. The summed E-state index contributed by atoms with van der Waals surface area (Å²) >= 11 is 0. The van der Waals surface area contributed by atoms with E-state index in [4.69, 9.17) is 5.11 Å². The fourth-order valence-electron chi connectivity index (χ4n) is 0.169. The van der Waals surface area contributed by atoms with Crippen LogP contribution >= 0.6 is 0 Å². The molecular weight excluding hydrogens is 110 g/mol. The van der Waals surface area contributed by atoms with Crippen molar-refractivity contribution in [2.24, 2.45) is 0 Å². The van der Waals surface area contributed by atoms with Gasteiger partial charge in [-0.2, -0.15) is 0 Å². The Kier molecular flexibility index (Phi) is 2.64. The average Bonchev–Trinajstić information content (AvgIpc) is 1.61. The number of rotatable bonds is 2. The highest BCUT2D eigenvalue weighted by atomic mass is 16.5. The smallest absolute Gasteiger partial charge is 0.329 e. The van der Waals surface area contributed by atoms with Crippen LogP contribution in [0.1, 0.15) is 0 Å². The predicted molar refractivity (Wildman–Crippen MR) is 27.9 cm³/mol. The molecular formula is C4H6NO3-. The molecule has 0 atom stereocenters. The Hall–Kier alpha value is -1.03. The first-order valence-corrected chi connectivity index (χ1v) is 1.94. The quantitative estimate of drug-likeness (QED) is 0.408. The molecule has 4 heteroatoms. The number of hydrogen-bond acceptors (Lipinski definition) is 3. The number of carboxylic acids is 1. The molecule has 0 aromatic carbocycles.